The highest BCUT2D eigenvalue weighted by Crippen LogP contribution is 2.23. The summed E-state index contributed by atoms with van der Waals surface area (Å²) < 4.78 is 5.42. The highest BCUT2D eigenvalue weighted by molar-refractivity contribution is 5.52. The third-order valence-electron chi connectivity index (χ3n) is 2.78. The first-order valence-corrected chi connectivity index (χ1v) is 5.87. The topological polar surface area (TPSA) is 122 Å². The molecule has 8 nitrogen and oxygen atoms in total. The van der Waals surface area contributed by atoms with Gasteiger partial charge in [-0.05, 0) is 18.2 Å². The van der Waals surface area contributed by atoms with Crippen LogP contribution in [0.15, 0.2) is 42.5 Å². The standard InChI is InChI=1S/C13H11N3O5/c14-13-6-3-11(16(19)20)7-9(13)8-21-12-4-1-10(2-5-12)15(17)18/h1-7H,8,14H2. The highest BCUT2D eigenvalue weighted by Gasteiger charge is 2.10. The summed E-state index contributed by atoms with van der Waals surface area (Å²) in [6.07, 6.45) is 0. The predicted molar refractivity (Wildman–Crippen MR) is 74.9 cm³/mol. The van der Waals surface area contributed by atoms with Crippen molar-refractivity contribution >= 4 is 17.1 Å². The summed E-state index contributed by atoms with van der Waals surface area (Å²) in [5.74, 6) is 0.409. The number of nitrogen functional groups attached to an aromatic ring is 1. The van der Waals surface area contributed by atoms with E-state index >= 15 is 0 Å². The van der Waals surface area contributed by atoms with Crippen LogP contribution in [0.25, 0.3) is 0 Å². The van der Waals surface area contributed by atoms with Crippen molar-refractivity contribution in [1.29, 1.82) is 0 Å². The molecule has 0 unspecified atom stereocenters. The van der Waals surface area contributed by atoms with E-state index in [-0.39, 0.29) is 18.0 Å². The highest BCUT2D eigenvalue weighted by atomic mass is 16.6. The Kier molecular flexibility index (Phi) is 3.98. The van der Waals surface area contributed by atoms with E-state index in [4.69, 9.17) is 10.5 Å². The molecule has 0 saturated heterocycles. The largest absolute Gasteiger partial charge is 0.489 e. The summed E-state index contributed by atoms with van der Waals surface area (Å²) in [7, 11) is 0. The Hall–Kier alpha value is -3.16. The first-order chi connectivity index (χ1) is 9.97. The van der Waals surface area contributed by atoms with Gasteiger partial charge in [-0.3, -0.25) is 20.2 Å². The molecule has 2 N–H and O–H groups in total. The summed E-state index contributed by atoms with van der Waals surface area (Å²) in [5.41, 5.74) is 6.46. The molecule has 0 amide bonds. The lowest BCUT2D eigenvalue weighted by Gasteiger charge is -2.08. The van der Waals surface area contributed by atoms with Crippen molar-refractivity contribution in [1.82, 2.24) is 0 Å². The molecule has 0 aromatic heterocycles. The SMILES string of the molecule is Nc1ccc([N+](=O)[O-])cc1COc1ccc([N+](=O)[O-])cc1. The first kappa shape index (κ1) is 14.3. The number of benzene rings is 2. The molecule has 0 heterocycles. The van der Waals surface area contributed by atoms with E-state index < -0.39 is 9.85 Å². The Balaban J connectivity index is 2.10. The minimum absolute atomic E-state index is 0.0331. The number of hydrogen-bond donors (Lipinski definition) is 1. The minimum Gasteiger partial charge on any atom is -0.489 e. The van der Waals surface area contributed by atoms with E-state index in [0.717, 1.165) is 0 Å². The van der Waals surface area contributed by atoms with Gasteiger partial charge in [0.25, 0.3) is 11.4 Å². The van der Waals surface area contributed by atoms with E-state index in [1.165, 1.54) is 42.5 Å². The maximum atomic E-state index is 10.7. The third kappa shape index (κ3) is 3.44. The zero-order valence-corrected chi connectivity index (χ0v) is 10.8. The fraction of sp³-hybridized carbons (Fsp3) is 0.0769. The molecule has 21 heavy (non-hydrogen) atoms. The van der Waals surface area contributed by atoms with Gasteiger partial charge < -0.3 is 10.5 Å². The minimum atomic E-state index is -0.519. The molecule has 0 spiro atoms. The number of rotatable bonds is 5. The van der Waals surface area contributed by atoms with Gasteiger partial charge in [0.1, 0.15) is 12.4 Å². The molecule has 0 aliphatic rings. The van der Waals surface area contributed by atoms with Crippen LogP contribution >= 0.6 is 0 Å². The van der Waals surface area contributed by atoms with Gasteiger partial charge in [-0.25, -0.2) is 0 Å². The number of hydrogen-bond acceptors (Lipinski definition) is 6. The maximum absolute atomic E-state index is 10.7. The fourth-order valence-corrected chi connectivity index (χ4v) is 1.66. The molecule has 0 saturated carbocycles. The smallest absolute Gasteiger partial charge is 0.269 e. The lowest BCUT2D eigenvalue weighted by Crippen LogP contribution is -2.01. The van der Waals surface area contributed by atoms with Gasteiger partial charge in [-0.2, -0.15) is 0 Å². The van der Waals surface area contributed by atoms with Gasteiger partial charge in [0.2, 0.25) is 0 Å². The zero-order valence-electron chi connectivity index (χ0n) is 10.8. The first-order valence-electron chi connectivity index (χ1n) is 5.87. The summed E-state index contributed by atoms with van der Waals surface area (Å²) in [4.78, 5) is 20.2. The van der Waals surface area contributed by atoms with Gasteiger partial charge in [-0.15, -0.1) is 0 Å². The van der Waals surface area contributed by atoms with Crippen molar-refractivity contribution in [3.63, 3.8) is 0 Å². The van der Waals surface area contributed by atoms with E-state index in [2.05, 4.69) is 0 Å². The Morgan fingerprint density at radius 1 is 0.952 bits per heavy atom. The Bertz CT molecular complexity index is 685. The molecule has 0 aliphatic heterocycles. The van der Waals surface area contributed by atoms with Crippen molar-refractivity contribution in [2.45, 2.75) is 6.61 Å². The van der Waals surface area contributed by atoms with Crippen LogP contribution in [0.5, 0.6) is 5.75 Å². The van der Waals surface area contributed by atoms with Crippen LogP contribution in [-0.4, -0.2) is 9.85 Å². The zero-order chi connectivity index (χ0) is 15.4. The van der Waals surface area contributed by atoms with Crippen LogP contribution in [0, 0.1) is 20.2 Å². The maximum Gasteiger partial charge on any atom is 0.269 e. The van der Waals surface area contributed by atoms with Crippen LogP contribution in [0.4, 0.5) is 17.1 Å². The summed E-state index contributed by atoms with van der Waals surface area (Å²) >= 11 is 0. The molecule has 2 aromatic rings. The van der Waals surface area contributed by atoms with Crippen LogP contribution in [0.1, 0.15) is 5.56 Å². The van der Waals surface area contributed by atoms with Crippen molar-refractivity contribution in [3.8, 4) is 5.75 Å². The Labute approximate surface area is 119 Å². The number of nitro benzene ring substituents is 2. The monoisotopic (exact) mass is 289 g/mol. The average molecular weight is 289 g/mol. The third-order valence-corrected chi connectivity index (χ3v) is 2.78. The van der Waals surface area contributed by atoms with E-state index in [0.29, 0.717) is 17.0 Å². The van der Waals surface area contributed by atoms with Gasteiger partial charge in [0.15, 0.2) is 0 Å². The number of nitrogens with zero attached hydrogens (tertiary/aromatic N) is 2. The summed E-state index contributed by atoms with van der Waals surface area (Å²) in [6, 6.07) is 9.60. The van der Waals surface area contributed by atoms with E-state index in [9.17, 15) is 20.2 Å². The molecule has 108 valence electrons. The second-order valence-electron chi connectivity index (χ2n) is 4.18. The lowest BCUT2D eigenvalue weighted by atomic mass is 10.1. The van der Waals surface area contributed by atoms with Crippen LogP contribution in [0.3, 0.4) is 0 Å². The normalized spacial score (nSPS) is 10.1. The number of nitrogens with two attached hydrogens (primary N) is 1. The Morgan fingerprint density at radius 3 is 2.10 bits per heavy atom. The van der Waals surface area contributed by atoms with Gasteiger partial charge in [0, 0.05) is 35.5 Å². The second-order valence-corrected chi connectivity index (χ2v) is 4.18. The molecular formula is C13H11N3O5. The van der Waals surface area contributed by atoms with Crippen molar-refractivity contribution < 1.29 is 14.6 Å². The summed E-state index contributed by atoms with van der Waals surface area (Å²) in [6.45, 7) is 0.0331. The molecule has 2 rings (SSSR count). The lowest BCUT2D eigenvalue weighted by molar-refractivity contribution is -0.385. The van der Waals surface area contributed by atoms with Crippen molar-refractivity contribution in [3.05, 3.63) is 68.3 Å². The molecule has 8 heteroatoms. The Morgan fingerprint density at radius 2 is 1.52 bits per heavy atom. The quantitative estimate of drug-likeness (QED) is 0.513. The van der Waals surface area contributed by atoms with Gasteiger partial charge in [0.05, 0.1) is 9.85 Å². The summed E-state index contributed by atoms with van der Waals surface area (Å²) in [5, 5.41) is 21.2. The molecule has 0 radical (unpaired) electrons. The van der Waals surface area contributed by atoms with Crippen molar-refractivity contribution in [2.75, 3.05) is 5.73 Å². The molecule has 0 aliphatic carbocycles. The average Bonchev–Trinajstić information content (AvgIpc) is 2.46. The molecule has 0 bridgehead atoms. The van der Waals surface area contributed by atoms with Gasteiger partial charge >= 0.3 is 0 Å². The van der Waals surface area contributed by atoms with Crippen molar-refractivity contribution in [2.24, 2.45) is 0 Å². The molecule has 0 atom stereocenters. The molecule has 0 fully saturated rings. The number of nitro groups is 2. The molecular weight excluding hydrogens is 278 g/mol. The van der Waals surface area contributed by atoms with Crippen LogP contribution in [-0.2, 0) is 6.61 Å². The molecule has 2 aromatic carbocycles. The fourth-order valence-electron chi connectivity index (χ4n) is 1.66. The van der Waals surface area contributed by atoms with E-state index in [1.54, 1.807) is 0 Å². The van der Waals surface area contributed by atoms with Gasteiger partial charge in [-0.1, -0.05) is 0 Å². The van der Waals surface area contributed by atoms with E-state index in [1.807, 2.05) is 0 Å². The van der Waals surface area contributed by atoms with Crippen LogP contribution in [0.2, 0.25) is 0 Å². The second kappa shape index (κ2) is 5.87. The predicted octanol–water partition coefficient (Wildman–Crippen LogP) is 2.66. The number of anilines is 1. The van der Waals surface area contributed by atoms with Crippen LogP contribution < -0.4 is 10.5 Å². The number of non-ortho nitro benzene ring substituents is 2. The number of ether oxygens (including phenoxy) is 1.